The number of benzene rings is 1. The number of aromatic nitrogens is 1. The number of aryl methyl sites for hydroxylation is 1. The van der Waals surface area contributed by atoms with Gasteiger partial charge < -0.3 is 10.1 Å². The van der Waals surface area contributed by atoms with Crippen LogP contribution in [0.1, 0.15) is 29.2 Å². The smallest absolute Gasteiger partial charge is 0.123 e. The molecule has 1 aliphatic rings. The molecular formula is C15H18N2OS. The first-order valence-electron chi connectivity index (χ1n) is 6.62. The minimum absolute atomic E-state index is 0.237. The molecule has 3 nitrogen and oxygen atoms in total. The van der Waals surface area contributed by atoms with E-state index in [1.807, 2.05) is 19.1 Å². The highest BCUT2D eigenvalue weighted by Gasteiger charge is 2.22. The van der Waals surface area contributed by atoms with Gasteiger partial charge in [0.1, 0.15) is 16.9 Å². The Morgan fingerprint density at radius 1 is 1.47 bits per heavy atom. The van der Waals surface area contributed by atoms with Gasteiger partial charge in [0.05, 0.1) is 6.04 Å². The summed E-state index contributed by atoms with van der Waals surface area (Å²) in [5, 5.41) is 6.75. The number of nitrogens with zero attached hydrogens (tertiary/aromatic N) is 1. The number of ether oxygens (including phenoxy) is 1. The molecule has 1 aromatic carbocycles. The van der Waals surface area contributed by atoms with Gasteiger partial charge in [-0.2, -0.15) is 0 Å². The van der Waals surface area contributed by atoms with Crippen LogP contribution in [0, 0.1) is 6.92 Å². The Labute approximate surface area is 117 Å². The summed E-state index contributed by atoms with van der Waals surface area (Å²) in [6.45, 7) is 5.04. The van der Waals surface area contributed by atoms with E-state index in [-0.39, 0.29) is 12.1 Å². The SMILES string of the molecule is Cc1csc(C(C)NCC2Cc3ccccc3O2)n1. The predicted molar refractivity (Wildman–Crippen MR) is 77.8 cm³/mol. The number of fused-ring (bicyclic) bond motifs is 1. The van der Waals surface area contributed by atoms with Gasteiger partial charge in [-0.15, -0.1) is 11.3 Å². The molecule has 0 spiro atoms. The summed E-state index contributed by atoms with van der Waals surface area (Å²) >= 11 is 1.71. The lowest BCUT2D eigenvalue weighted by Crippen LogP contribution is -2.31. The van der Waals surface area contributed by atoms with Crippen LogP contribution in [0.2, 0.25) is 0 Å². The summed E-state index contributed by atoms with van der Waals surface area (Å²) in [6, 6.07) is 8.56. The summed E-state index contributed by atoms with van der Waals surface area (Å²) in [5.41, 5.74) is 2.41. The van der Waals surface area contributed by atoms with Crippen molar-refractivity contribution in [3.8, 4) is 5.75 Å². The maximum absolute atomic E-state index is 5.92. The van der Waals surface area contributed by atoms with Gasteiger partial charge in [0, 0.05) is 24.0 Å². The molecule has 2 aromatic rings. The van der Waals surface area contributed by atoms with Gasteiger partial charge >= 0.3 is 0 Å². The van der Waals surface area contributed by atoms with Crippen LogP contribution in [0.25, 0.3) is 0 Å². The third kappa shape index (κ3) is 2.80. The number of para-hydroxylation sites is 1. The molecule has 3 rings (SSSR count). The molecule has 0 bridgehead atoms. The van der Waals surface area contributed by atoms with Gasteiger partial charge in [-0.25, -0.2) is 4.98 Å². The second-order valence-corrected chi connectivity index (χ2v) is 5.90. The fourth-order valence-electron chi connectivity index (χ4n) is 2.33. The van der Waals surface area contributed by atoms with E-state index >= 15 is 0 Å². The third-order valence-electron chi connectivity index (χ3n) is 3.37. The maximum atomic E-state index is 5.92. The number of rotatable bonds is 4. The Hall–Kier alpha value is -1.39. The molecule has 1 N–H and O–H groups in total. The minimum atomic E-state index is 0.237. The van der Waals surface area contributed by atoms with Crippen molar-refractivity contribution in [3.05, 3.63) is 45.9 Å². The summed E-state index contributed by atoms with van der Waals surface area (Å²) in [4.78, 5) is 4.51. The summed E-state index contributed by atoms with van der Waals surface area (Å²) < 4.78 is 5.92. The molecule has 0 radical (unpaired) electrons. The molecule has 0 saturated carbocycles. The van der Waals surface area contributed by atoms with Crippen LogP contribution in [0.4, 0.5) is 0 Å². The van der Waals surface area contributed by atoms with Crippen molar-refractivity contribution >= 4 is 11.3 Å². The van der Waals surface area contributed by atoms with Crippen molar-refractivity contribution in [2.24, 2.45) is 0 Å². The molecule has 0 saturated heterocycles. The topological polar surface area (TPSA) is 34.1 Å². The van der Waals surface area contributed by atoms with Crippen LogP contribution in [0.3, 0.4) is 0 Å². The molecule has 0 amide bonds. The monoisotopic (exact) mass is 274 g/mol. The van der Waals surface area contributed by atoms with Crippen molar-refractivity contribution < 1.29 is 4.74 Å². The van der Waals surface area contributed by atoms with Crippen molar-refractivity contribution in [2.75, 3.05) is 6.54 Å². The van der Waals surface area contributed by atoms with E-state index in [0.717, 1.165) is 29.4 Å². The van der Waals surface area contributed by atoms with Crippen LogP contribution in [-0.4, -0.2) is 17.6 Å². The second kappa shape index (κ2) is 5.31. The Balaban J connectivity index is 1.54. The fourth-order valence-corrected chi connectivity index (χ4v) is 3.16. The Bertz CT molecular complexity index is 542. The standard InChI is InChI=1S/C15H18N2OS/c1-10-9-19-15(17-10)11(2)16-8-13-7-12-5-3-4-6-14(12)18-13/h3-6,9,11,13,16H,7-8H2,1-2H3. The average molecular weight is 274 g/mol. The lowest BCUT2D eigenvalue weighted by Gasteiger charge is -2.15. The molecule has 4 heteroatoms. The van der Waals surface area contributed by atoms with Gasteiger partial charge in [0.2, 0.25) is 0 Å². The van der Waals surface area contributed by atoms with E-state index in [0.29, 0.717) is 0 Å². The zero-order chi connectivity index (χ0) is 13.2. The molecule has 1 aromatic heterocycles. The highest BCUT2D eigenvalue weighted by Crippen LogP contribution is 2.28. The molecule has 2 unspecified atom stereocenters. The van der Waals surface area contributed by atoms with Gasteiger partial charge in [-0.05, 0) is 25.5 Å². The van der Waals surface area contributed by atoms with Crippen LogP contribution in [0.5, 0.6) is 5.75 Å². The number of hydrogen-bond donors (Lipinski definition) is 1. The first-order chi connectivity index (χ1) is 9.22. The number of hydrogen-bond acceptors (Lipinski definition) is 4. The zero-order valence-electron chi connectivity index (χ0n) is 11.2. The third-order valence-corrected chi connectivity index (χ3v) is 4.52. The summed E-state index contributed by atoms with van der Waals surface area (Å²) in [6.07, 6.45) is 1.23. The average Bonchev–Trinajstić information content (AvgIpc) is 3.01. The lowest BCUT2D eigenvalue weighted by molar-refractivity contribution is 0.222. The van der Waals surface area contributed by atoms with Crippen molar-refractivity contribution in [1.82, 2.24) is 10.3 Å². The van der Waals surface area contributed by atoms with Gasteiger partial charge in [0.25, 0.3) is 0 Å². The van der Waals surface area contributed by atoms with Crippen LogP contribution in [0.15, 0.2) is 29.6 Å². The number of nitrogens with one attached hydrogen (secondary N) is 1. The van der Waals surface area contributed by atoms with E-state index in [4.69, 9.17) is 4.74 Å². The van der Waals surface area contributed by atoms with Crippen LogP contribution >= 0.6 is 11.3 Å². The highest BCUT2D eigenvalue weighted by molar-refractivity contribution is 7.09. The summed E-state index contributed by atoms with van der Waals surface area (Å²) in [5.74, 6) is 1.03. The quantitative estimate of drug-likeness (QED) is 0.930. The van der Waals surface area contributed by atoms with E-state index < -0.39 is 0 Å². The van der Waals surface area contributed by atoms with Crippen molar-refractivity contribution in [1.29, 1.82) is 0 Å². The molecular weight excluding hydrogens is 256 g/mol. The van der Waals surface area contributed by atoms with Gasteiger partial charge in [-0.3, -0.25) is 0 Å². The van der Waals surface area contributed by atoms with Crippen molar-refractivity contribution in [3.63, 3.8) is 0 Å². The molecule has 0 fully saturated rings. The Kier molecular flexibility index (Phi) is 3.53. The number of thiazole rings is 1. The zero-order valence-corrected chi connectivity index (χ0v) is 12.0. The Morgan fingerprint density at radius 3 is 3.05 bits per heavy atom. The van der Waals surface area contributed by atoms with Gasteiger partial charge in [0.15, 0.2) is 0 Å². The molecule has 2 heterocycles. The van der Waals surface area contributed by atoms with Crippen LogP contribution in [-0.2, 0) is 6.42 Å². The van der Waals surface area contributed by atoms with Gasteiger partial charge in [-0.1, -0.05) is 18.2 Å². The summed E-state index contributed by atoms with van der Waals surface area (Å²) in [7, 11) is 0. The minimum Gasteiger partial charge on any atom is -0.488 e. The van der Waals surface area contributed by atoms with Crippen LogP contribution < -0.4 is 10.1 Å². The van der Waals surface area contributed by atoms with E-state index in [2.05, 4.69) is 34.7 Å². The maximum Gasteiger partial charge on any atom is 0.123 e. The molecule has 1 aliphatic heterocycles. The molecule has 19 heavy (non-hydrogen) atoms. The van der Waals surface area contributed by atoms with Crippen molar-refractivity contribution in [2.45, 2.75) is 32.4 Å². The normalized spacial score (nSPS) is 18.9. The molecule has 2 atom stereocenters. The first kappa shape index (κ1) is 12.6. The second-order valence-electron chi connectivity index (χ2n) is 5.01. The lowest BCUT2D eigenvalue weighted by atomic mass is 10.1. The fraction of sp³-hybridized carbons (Fsp3) is 0.400. The first-order valence-corrected chi connectivity index (χ1v) is 7.50. The highest BCUT2D eigenvalue weighted by atomic mass is 32.1. The predicted octanol–water partition coefficient (Wildman–Crippen LogP) is 3.11. The molecule has 0 aliphatic carbocycles. The Morgan fingerprint density at radius 2 is 2.32 bits per heavy atom. The van der Waals surface area contributed by atoms with E-state index in [1.54, 1.807) is 11.3 Å². The molecule has 100 valence electrons. The largest absolute Gasteiger partial charge is 0.488 e. The van der Waals surface area contributed by atoms with E-state index in [9.17, 15) is 0 Å². The van der Waals surface area contributed by atoms with E-state index in [1.165, 1.54) is 5.56 Å².